The summed E-state index contributed by atoms with van der Waals surface area (Å²) < 4.78 is 11.8. The van der Waals surface area contributed by atoms with Gasteiger partial charge in [0.1, 0.15) is 17.4 Å². The third kappa shape index (κ3) is 2.55. The van der Waals surface area contributed by atoms with E-state index < -0.39 is 11.9 Å². The number of hydrogen-bond acceptors (Lipinski definition) is 6. The summed E-state index contributed by atoms with van der Waals surface area (Å²) in [5.74, 6) is 0.237. The Balaban J connectivity index is 1.72. The summed E-state index contributed by atoms with van der Waals surface area (Å²) in [4.78, 5) is 33.3. The molecule has 0 saturated carbocycles. The highest BCUT2D eigenvalue weighted by Gasteiger charge is 2.45. The molecule has 156 valence electrons. The molecule has 0 aliphatic carbocycles. The molecular formula is C25H16N2O4S. The van der Waals surface area contributed by atoms with Crippen molar-refractivity contribution in [2.75, 3.05) is 12.0 Å². The standard InChI is InChI=1S/C25H16N2O4S/c1-30-18-9-5-4-8-16(18)20-19-21(28)17-11-10-14-6-2-3-7-15(14)22(17)31-23(19)24(29)27(20)25-26-12-13-32-25/h2-13,20H,1H3. The van der Waals surface area contributed by atoms with Crippen molar-refractivity contribution in [1.82, 2.24) is 4.98 Å². The van der Waals surface area contributed by atoms with E-state index in [1.54, 1.807) is 24.8 Å². The van der Waals surface area contributed by atoms with Gasteiger partial charge in [-0.1, -0.05) is 48.5 Å². The SMILES string of the molecule is COc1ccccc1C1c2c(oc3c(ccc4ccccc43)c2=O)C(=O)N1c1nccs1. The van der Waals surface area contributed by atoms with E-state index in [4.69, 9.17) is 9.15 Å². The summed E-state index contributed by atoms with van der Waals surface area (Å²) >= 11 is 1.33. The molecule has 1 amide bonds. The van der Waals surface area contributed by atoms with Crippen LogP contribution in [0, 0.1) is 0 Å². The number of thiazole rings is 1. The Kier molecular flexibility index (Phi) is 4.13. The predicted octanol–water partition coefficient (Wildman–Crippen LogP) is 5.16. The number of rotatable bonds is 3. The van der Waals surface area contributed by atoms with Crippen molar-refractivity contribution in [1.29, 1.82) is 0 Å². The van der Waals surface area contributed by atoms with Crippen molar-refractivity contribution in [3.05, 3.63) is 99.4 Å². The van der Waals surface area contributed by atoms with E-state index in [9.17, 15) is 9.59 Å². The van der Waals surface area contributed by atoms with Gasteiger partial charge in [0, 0.05) is 22.5 Å². The van der Waals surface area contributed by atoms with E-state index in [0.29, 0.717) is 33.0 Å². The monoisotopic (exact) mass is 440 g/mol. The summed E-state index contributed by atoms with van der Waals surface area (Å²) in [6, 6.07) is 18.0. The number of para-hydroxylation sites is 1. The van der Waals surface area contributed by atoms with Crippen LogP contribution in [0.15, 0.2) is 81.5 Å². The quantitative estimate of drug-likeness (QED) is 0.362. The fraction of sp³-hybridized carbons (Fsp3) is 0.0800. The molecule has 6 rings (SSSR count). The Morgan fingerprint density at radius 2 is 1.81 bits per heavy atom. The maximum atomic E-state index is 13.8. The van der Waals surface area contributed by atoms with Gasteiger partial charge in [-0.05, 0) is 17.5 Å². The van der Waals surface area contributed by atoms with Gasteiger partial charge >= 0.3 is 0 Å². The Labute approximate surface area is 186 Å². The van der Waals surface area contributed by atoms with Crippen LogP contribution in [0.25, 0.3) is 21.7 Å². The predicted molar refractivity (Wildman–Crippen MR) is 124 cm³/mol. The fourth-order valence-electron chi connectivity index (χ4n) is 4.42. The zero-order valence-electron chi connectivity index (χ0n) is 16.9. The number of anilines is 1. The number of hydrogen-bond donors (Lipinski definition) is 0. The van der Waals surface area contributed by atoms with Gasteiger partial charge in [-0.2, -0.15) is 0 Å². The summed E-state index contributed by atoms with van der Waals surface area (Å²) in [5.41, 5.74) is 1.19. The molecule has 6 nitrogen and oxygen atoms in total. The molecule has 1 aliphatic heterocycles. The number of benzene rings is 3. The summed E-state index contributed by atoms with van der Waals surface area (Å²) in [5, 5.41) is 4.46. The topological polar surface area (TPSA) is 72.6 Å². The molecule has 0 radical (unpaired) electrons. The van der Waals surface area contributed by atoms with Gasteiger partial charge in [0.05, 0.1) is 18.1 Å². The summed E-state index contributed by atoms with van der Waals surface area (Å²) in [6.07, 6.45) is 1.63. The van der Waals surface area contributed by atoms with Crippen LogP contribution in [-0.4, -0.2) is 18.0 Å². The van der Waals surface area contributed by atoms with Gasteiger partial charge in [-0.15, -0.1) is 11.3 Å². The van der Waals surface area contributed by atoms with E-state index in [1.165, 1.54) is 16.2 Å². The normalized spacial score (nSPS) is 15.5. The molecule has 0 fully saturated rings. The van der Waals surface area contributed by atoms with E-state index in [0.717, 1.165) is 10.8 Å². The number of amides is 1. The highest BCUT2D eigenvalue weighted by atomic mass is 32.1. The smallest absolute Gasteiger partial charge is 0.297 e. The largest absolute Gasteiger partial charge is 0.496 e. The molecule has 0 spiro atoms. The molecule has 0 saturated heterocycles. The molecule has 3 aromatic carbocycles. The molecule has 5 aromatic rings. The highest BCUT2D eigenvalue weighted by molar-refractivity contribution is 7.13. The maximum Gasteiger partial charge on any atom is 0.297 e. The van der Waals surface area contributed by atoms with Crippen molar-refractivity contribution in [3.8, 4) is 5.75 Å². The zero-order valence-corrected chi connectivity index (χ0v) is 17.8. The number of methoxy groups -OCH3 is 1. The average molecular weight is 440 g/mol. The second-order valence-corrected chi connectivity index (χ2v) is 8.34. The average Bonchev–Trinajstić information content (AvgIpc) is 3.45. The van der Waals surface area contributed by atoms with Crippen molar-refractivity contribution < 1.29 is 13.9 Å². The third-order valence-electron chi connectivity index (χ3n) is 5.82. The Morgan fingerprint density at radius 1 is 1.00 bits per heavy atom. The van der Waals surface area contributed by atoms with Crippen LogP contribution in [-0.2, 0) is 0 Å². The number of nitrogens with zero attached hydrogens (tertiary/aromatic N) is 2. The van der Waals surface area contributed by atoms with Crippen LogP contribution in [0.4, 0.5) is 5.13 Å². The van der Waals surface area contributed by atoms with Gasteiger partial charge in [0.2, 0.25) is 5.76 Å². The van der Waals surface area contributed by atoms with Crippen molar-refractivity contribution in [3.63, 3.8) is 0 Å². The molecule has 7 heteroatoms. The number of fused-ring (bicyclic) bond motifs is 4. The lowest BCUT2D eigenvalue weighted by molar-refractivity contribution is 0.0971. The minimum absolute atomic E-state index is 0.0463. The van der Waals surface area contributed by atoms with Crippen molar-refractivity contribution in [2.24, 2.45) is 0 Å². The van der Waals surface area contributed by atoms with Crippen LogP contribution in [0.1, 0.15) is 27.7 Å². The number of carbonyl (C=O) groups is 1. The number of aromatic nitrogens is 1. The lowest BCUT2D eigenvalue weighted by Gasteiger charge is -2.24. The van der Waals surface area contributed by atoms with Crippen LogP contribution < -0.4 is 15.1 Å². The summed E-state index contributed by atoms with van der Waals surface area (Å²) in [7, 11) is 1.57. The molecular weight excluding hydrogens is 424 g/mol. The zero-order chi connectivity index (χ0) is 21.8. The van der Waals surface area contributed by atoms with Gasteiger partial charge in [0.15, 0.2) is 10.6 Å². The Morgan fingerprint density at radius 3 is 2.62 bits per heavy atom. The molecule has 0 bridgehead atoms. The van der Waals surface area contributed by atoms with Crippen molar-refractivity contribution in [2.45, 2.75) is 6.04 Å². The fourth-order valence-corrected chi connectivity index (χ4v) is 5.09. The van der Waals surface area contributed by atoms with Gasteiger partial charge in [-0.25, -0.2) is 4.98 Å². The van der Waals surface area contributed by atoms with Crippen LogP contribution in [0.3, 0.4) is 0 Å². The van der Waals surface area contributed by atoms with E-state index >= 15 is 0 Å². The van der Waals surface area contributed by atoms with Gasteiger partial charge in [0.25, 0.3) is 5.91 Å². The third-order valence-corrected chi connectivity index (χ3v) is 6.59. The second-order valence-electron chi connectivity index (χ2n) is 7.47. The van der Waals surface area contributed by atoms with Crippen LogP contribution in [0.5, 0.6) is 5.75 Å². The first-order valence-electron chi connectivity index (χ1n) is 10.0. The lowest BCUT2D eigenvalue weighted by atomic mass is 9.97. The molecule has 3 heterocycles. The second kappa shape index (κ2) is 7.03. The van der Waals surface area contributed by atoms with E-state index in [1.807, 2.05) is 54.6 Å². The van der Waals surface area contributed by atoms with Crippen LogP contribution >= 0.6 is 11.3 Å². The Hall–Kier alpha value is -3.97. The Bertz CT molecular complexity index is 1570. The molecule has 32 heavy (non-hydrogen) atoms. The minimum atomic E-state index is -0.702. The number of ether oxygens (including phenoxy) is 1. The first-order chi connectivity index (χ1) is 15.7. The highest BCUT2D eigenvalue weighted by Crippen LogP contribution is 2.44. The number of carbonyl (C=O) groups excluding carboxylic acids is 1. The van der Waals surface area contributed by atoms with E-state index in [-0.39, 0.29) is 11.2 Å². The molecule has 1 aliphatic rings. The lowest BCUT2D eigenvalue weighted by Crippen LogP contribution is -2.29. The van der Waals surface area contributed by atoms with Gasteiger partial charge < -0.3 is 9.15 Å². The molecule has 1 unspecified atom stereocenters. The molecule has 1 atom stereocenters. The van der Waals surface area contributed by atoms with Gasteiger partial charge in [-0.3, -0.25) is 14.5 Å². The maximum absolute atomic E-state index is 13.8. The first-order valence-corrected chi connectivity index (χ1v) is 10.9. The first kappa shape index (κ1) is 18.8. The molecule has 0 N–H and O–H groups in total. The van der Waals surface area contributed by atoms with Crippen LogP contribution in [0.2, 0.25) is 0 Å². The minimum Gasteiger partial charge on any atom is -0.496 e. The van der Waals surface area contributed by atoms with E-state index in [2.05, 4.69) is 4.98 Å². The van der Waals surface area contributed by atoms with Crippen molar-refractivity contribution >= 4 is 44.1 Å². The summed E-state index contributed by atoms with van der Waals surface area (Å²) in [6.45, 7) is 0. The molecule has 2 aromatic heterocycles.